The number of nitrogens with one attached hydrogen (secondary N) is 1. The van der Waals surface area contributed by atoms with Gasteiger partial charge < -0.3 is 24.3 Å². The molecule has 2 heterocycles. The van der Waals surface area contributed by atoms with Gasteiger partial charge in [-0.2, -0.15) is 0 Å². The van der Waals surface area contributed by atoms with Crippen LogP contribution in [0.1, 0.15) is 42.5 Å². The number of rotatable bonds is 6. The van der Waals surface area contributed by atoms with Crippen LogP contribution >= 0.6 is 0 Å². The molecule has 2 fully saturated rings. The molecule has 0 spiro atoms. The number of anilines is 1. The number of esters is 1. The van der Waals surface area contributed by atoms with Gasteiger partial charge in [0.1, 0.15) is 6.54 Å². The number of aromatic nitrogens is 1. The van der Waals surface area contributed by atoms with Crippen LogP contribution in [0.5, 0.6) is 0 Å². The fraction of sp³-hybridized carbons (Fsp3) is 0.480. The second-order valence-corrected chi connectivity index (χ2v) is 8.62. The second kappa shape index (κ2) is 10.7. The van der Waals surface area contributed by atoms with Crippen molar-refractivity contribution >= 4 is 17.6 Å². The zero-order valence-corrected chi connectivity index (χ0v) is 19.0. The molecule has 1 aromatic heterocycles. The van der Waals surface area contributed by atoms with Crippen molar-refractivity contribution in [3.63, 3.8) is 0 Å². The van der Waals surface area contributed by atoms with E-state index in [9.17, 15) is 14.4 Å². The first-order valence-corrected chi connectivity index (χ1v) is 11.6. The van der Waals surface area contributed by atoms with Gasteiger partial charge >= 0.3 is 5.97 Å². The molecule has 8 heteroatoms. The monoisotopic (exact) mass is 453 g/mol. The average Bonchev–Trinajstić information content (AvgIpc) is 2.86. The number of hydrogen-bond acceptors (Lipinski definition) is 6. The Morgan fingerprint density at radius 2 is 1.79 bits per heavy atom. The number of pyridine rings is 1. The maximum absolute atomic E-state index is 13.3. The second-order valence-electron chi connectivity index (χ2n) is 8.62. The van der Waals surface area contributed by atoms with E-state index in [1.165, 1.54) is 30.4 Å². The molecular weight excluding hydrogens is 422 g/mol. The first kappa shape index (κ1) is 23.0. The normalized spacial score (nSPS) is 16.9. The van der Waals surface area contributed by atoms with Crippen molar-refractivity contribution in [2.24, 2.45) is 0 Å². The summed E-state index contributed by atoms with van der Waals surface area (Å²) in [6, 6.07) is 9.35. The van der Waals surface area contributed by atoms with Gasteiger partial charge in [-0.25, -0.2) is 4.79 Å². The van der Waals surface area contributed by atoms with E-state index in [2.05, 4.69) is 10.2 Å². The van der Waals surface area contributed by atoms with Gasteiger partial charge in [0.2, 0.25) is 5.91 Å². The quantitative estimate of drug-likeness (QED) is 0.677. The van der Waals surface area contributed by atoms with E-state index in [-0.39, 0.29) is 29.6 Å². The number of ether oxygens (including phenoxy) is 2. The highest BCUT2D eigenvalue weighted by atomic mass is 16.5. The van der Waals surface area contributed by atoms with Gasteiger partial charge in [0.15, 0.2) is 0 Å². The SMILES string of the molecule is COC(=O)c1cc(-c2ccc(N3CCOCC3)cc2)c(=O)n(CC(=O)NC2CCCCC2)c1. The molecule has 2 aromatic rings. The summed E-state index contributed by atoms with van der Waals surface area (Å²) in [5.41, 5.74) is 2.01. The van der Waals surface area contributed by atoms with E-state index in [1.54, 1.807) is 0 Å². The Morgan fingerprint density at radius 3 is 2.45 bits per heavy atom. The number of carbonyl (C=O) groups excluding carboxylic acids is 2. The van der Waals surface area contributed by atoms with E-state index in [0.717, 1.165) is 44.5 Å². The minimum atomic E-state index is -0.553. The molecule has 1 aromatic carbocycles. The first-order valence-electron chi connectivity index (χ1n) is 11.6. The van der Waals surface area contributed by atoms with E-state index >= 15 is 0 Å². The molecule has 0 bridgehead atoms. The first-order chi connectivity index (χ1) is 16.0. The Kier molecular flexibility index (Phi) is 7.44. The van der Waals surface area contributed by atoms with Gasteiger partial charge in [-0.1, -0.05) is 31.4 Å². The lowest BCUT2D eigenvalue weighted by Crippen LogP contribution is -2.40. The number of nitrogens with zero attached hydrogens (tertiary/aromatic N) is 2. The maximum atomic E-state index is 13.3. The van der Waals surface area contributed by atoms with E-state index in [1.807, 2.05) is 24.3 Å². The van der Waals surface area contributed by atoms with Crippen LogP contribution in [0.25, 0.3) is 11.1 Å². The van der Waals surface area contributed by atoms with Crippen molar-refractivity contribution in [2.45, 2.75) is 44.7 Å². The highest BCUT2D eigenvalue weighted by Gasteiger charge is 2.19. The largest absolute Gasteiger partial charge is 0.465 e. The summed E-state index contributed by atoms with van der Waals surface area (Å²) in [5, 5.41) is 3.03. The number of amides is 1. The van der Waals surface area contributed by atoms with Crippen molar-refractivity contribution in [1.29, 1.82) is 0 Å². The highest BCUT2D eigenvalue weighted by Crippen LogP contribution is 2.23. The van der Waals surface area contributed by atoms with Crippen LogP contribution in [0, 0.1) is 0 Å². The summed E-state index contributed by atoms with van der Waals surface area (Å²) in [4.78, 5) is 40.4. The van der Waals surface area contributed by atoms with Crippen LogP contribution in [-0.2, 0) is 20.8 Å². The summed E-state index contributed by atoms with van der Waals surface area (Å²) in [5.74, 6) is -0.776. The van der Waals surface area contributed by atoms with Crippen LogP contribution < -0.4 is 15.8 Å². The summed E-state index contributed by atoms with van der Waals surface area (Å²) in [6.45, 7) is 2.88. The van der Waals surface area contributed by atoms with E-state index < -0.39 is 5.97 Å². The molecule has 8 nitrogen and oxygen atoms in total. The Bertz CT molecular complexity index is 1030. The van der Waals surface area contributed by atoms with Gasteiger partial charge in [-0.05, 0) is 36.6 Å². The van der Waals surface area contributed by atoms with Crippen LogP contribution in [0.4, 0.5) is 5.69 Å². The molecule has 33 heavy (non-hydrogen) atoms. The lowest BCUT2D eigenvalue weighted by molar-refractivity contribution is -0.122. The van der Waals surface area contributed by atoms with Crippen molar-refractivity contribution in [3.05, 3.63) is 52.4 Å². The van der Waals surface area contributed by atoms with Gasteiger partial charge in [0, 0.05) is 36.6 Å². The fourth-order valence-electron chi connectivity index (χ4n) is 4.54. The lowest BCUT2D eigenvalue weighted by atomic mass is 9.95. The molecule has 176 valence electrons. The standard InChI is InChI=1S/C25H31N3O5/c1-32-25(31)19-15-22(18-7-9-21(10-8-18)27-11-13-33-14-12-27)24(30)28(16-19)17-23(29)26-20-5-3-2-4-6-20/h7-10,15-16,20H,2-6,11-14,17H2,1H3,(H,26,29). The number of hydrogen-bond donors (Lipinski definition) is 1. The minimum absolute atomic E-state index is 0.140. The molecule has 4 rings (SSSR count). The Labute approximate surface area is 193 Å². The maximum Gasteiger partial charge on any atom is 0.339 e. The number of methoxy groups -OCH3 is 1. The predicted molar refractivity (Wildman–Crippen MR) is 126 cm³/mol. The molecule has 0 atom stereocenters. The van der Waals surface area contributed by atoms with Gasteiger partial charge in [0.05, 0.1) is 25.9 Å². The van der Waals surface area contributed by atoms with Crippen LogP contribution in [0.15, 0.2) is 41.3 Å². The molecule has 1 saturated heterocycles. The number of carbonyl (C=O) groups is 2. The third-order valence-electron chi connectivity index (χ3n) is 6.35. The molecule has 2 aliphatic rings. The Hall–Kier alpha value is -3.13. The van der Waals surface area contributed by atoms with Crippen molar-refractivity contribution in [1.82, 2.24) is 9.88 Å². The smallest absolute Gasteiger partial charge is 0.339 e. The highest BCUT2D eigenvalue weighted by molar-refractivity contribution is 5.90. The molecule has 0 unspecified atom stereocenters. The molecule has 1 aliphatic carbocycles. The topological polar surface area (TPSA) is 89.9 Å². The van der Waals surface area contributed by atoms with Crippen LogP contribution in [0.2, 0.25) is 0 Å². The molecule has 1 saturated carbocycles. The average molecular weight is 454 g/mol. The van der Waals surface area contributed by atoms with Crippen molar-refractivity contribution < 1.29 is 19.1 Å². The van der Waals surface area contributed by atoms with Crippen LogP contribution in [-0.4, -0.2) is 55.9 Å². The van der Waals surface area contributed by atoms with E-state index in [0.29, 0.717) is 24.3 Å². The molecular formula is C25H31N3O5. The summed E-state index contributed by atoms with van der Waals surface area (Å²) in [6.07, 6.45) is 6.73. The Balaban J connectivity index is 1.59. The third-order valence-corrected chi connectivity index (χ3v) is 6.35. The summed E-state index contributed by atoms with van der Waals surface area (Å²) >= 11 is 0. The summed E-state index contributed by atoms with van der Waals surface area (Å²) < 4.78 is 11.6. The molecule has 1 aliphatic heterocycles. The summed E-state index contributed by atoms with van der Waals surface area (Å²) in [7, 11) is 1.30. The zero-order chi connectivity index (χ0) is 23.2. The van der Waals surface area contributed by atoms with Crippen molar-refractivity contribution in [2.75, 3.05) is 38.3 Å². The van der Waals surface area contributed by atoms with Gasteiger partial charge in [-0.15, -0.1) is 0 Å². The third kappa shape index (κ3) is 5.63. The van der Waals surface area contributed by atoms with Gasteiger partial charge in [0.25, 0.3) is 5.56 Å². The number of benzene rings is 1. The zero-order valence-electron chi connectivity index (χ0n) is 19.0. The molecule has 0 radical (unpaired) electrons. The van der Waals surface area contributed by atoms with Crippen LogP contribution in [0.3, 0.4) is 0 Å². The molecule has 1 amide bonds. The Morgan fingerprint density at radius 1 is 1.09 bits per heavy atom. The minimum Gasteiger partial charge on any atom is -0.465 e. The lowest BCUT2D eigenvalue weighted by Gasteiger charge is -2.28. The molecule has 1 N–H and O–H groups in total. The predicted octanol–water partition coefficient (Wildman–Crippen LogP) is 2.59. The van der Waals surface area contributed by atoms with E-state index in [4.69, 9.17) is 9.47 Å². The fourth-order valence-corrected chi connectivity index (χ4v) is 4.54. The van der Waals surface area contributed by atoms with Crippen molar-refractivity contribution in [3.8, 4) is 11.1 Å². The number of morpholine rings is 1. The van der Waals surface area contributed by atoms with Gasteiger partial charge in [-0.3, -0.25) is 9.59 Å².